The first-order valence-corrected chi connectivity index (χ1v) is 5.99. The zero-order valence-corrected chi connectivity index (χ0v) is 10.4. The van der Waals surface area contributed by atoms with Gasteiger partial charge < -0.3 is 5.11 Å². The van der Waals surface area contributed by atoms with Gasteiger partial charge >= 0.3 is 5.97 Å². The molecule has 18 heavy (non-hydrogen) atoms. The quantitative estimate of drug-likeness (QED) is 0.822. The highest BCUT2D eigenvalue weighted by Crippen LogP contribution is 2.48. The van der Waals surface area contributed by atoms with E-state index in [1.54, 1.807) is 12.1 Å². The van der Waals surface area contributed by atoms with E-state index < -0.39 is 5.97 Å². The molecule has 0 saturated heterocycles. The molecule has 2 aromatic carbocycles. The van der Waals surface area contributed by atoms with Crippen molar-refractivity contribution in [3.63, 3.8) is 0 Å². The first kappa shape index (κ1) is 11.0. The molecule has 0 heterocycles. The van der Waals surface area contributed by atoms with E-state index in [0.717, 1.165) is 11.1 Å². The molecule has 3 rings (SSSR count). The molecule has 2 heteroatoms. The van der Waals surface area contributed by atoms with E-state index in [1.165, 1.54) is 11.1 Å². The van der Waals surface area contributed by atoms with Crippen molar-refractivity contribution < 1.29 is 9.90 Å². The number of hydrogen-bond donors (Lipinski definition) is 1. The largest absolute Gasteiger partial charge is 0.478 e. The topological polar surface area (TPSA) is 37.3 Å². The third-order valence-corrected chi connectivity index (χ3v) is 3.83. The van der Waals surface area contributed by atoms with Gasteiger partial charge in [-0.15, -0.1) is 0 Å². The Bertz CT molecular complexity index is 654. The van der Waals surface area contributed by atoms with Crippen molar-refractivity contribution in [2.75, 3.05) is 0 Å². The molecule has 0 radical (unpaired) electrons. The highest BCUT2D eigenvalue weighted by molar-refractivity contribution is 5.92. The van der Waals surface area contributed by atoms with Gasteiger partial charge in [0.25, 0.3) is 0 Å². The van der Waals surface area contributed by atoms with E-state index in [-0.39, 0.29) is 5.41 Å². The van der Waals surface area contributed by atoms with Gasteiger partial charge in [0.05, 0.1) is 5.56 Å². The van der Waals surface area contributed by atoms with Crippen LogP contribution in [0.4, 0.5) is 0 Å². The molecule has 0 bridgehead atoms. The maximum absolute atomic E-state index is 11.1. The number of carbonyl (C=O) groups is 1. The van der Waals surface area contributed by atoms with Gasteiger partial charge in [0.1, 0.15) is 0 Å². The van der Waals surface area contributed by atoms with Gasteiger partial charge in [0.2, 0.25) is 0 Å². The number of fused-ring (bicyclic) bond motifs is 3. The van der Waals surface area contributed by atoms with Crippen molar-refractivity contribution in [2.24, 2.45) is 0 Å². The van der Waals surface area contributed by atoms with Crippen LogP contribution in [0, 0.1) is 0 Å². The van der Waals surface area contributed by atoms with Gasteiger partial charge in [0.15, 0.2) is 0 Å². The van der Waals surface area contributed by atoms with Crippen molar-refractivity contribution in [3.8, 4) is 11.1 Å². The van der Waals surface area contributed by atoms with E-state index in [2.05, 4.69) is 26.0 Å². The Morgan fingerprint density at radius 3 is 2.39 bits per heavy atom. The molecule has 2 aromatic rings. The van der Waals surface area contributed by atoms with Crippen LogP contribution >= 0.6 is 0 Å². The predicted molar refractivity (Wildman–Crippen MR) is 71.0 cm³/mol. The molecule has 0 fully saturated rings. The second-order valence-corrected chi connectivity index (χ2v) is 5.24. The summed E-state index contributed by atoms with van der Waals surface area (Å²) in [7, 11) is 0. The Kier molecular flexibility index (Phi) is 2.11. The molecular weight excluding hydrogens is 224 g/mol. The zero-order chi connectivity index (χ0) is 12.9. The first-order chi connectivity index (χ1) is 8.51. The van der Waals surface area contributed by atoms with Crippen molar-refractivity contribution in [1.82, 2.24) is 0 Å². The van der Waals surface area contributed by atoms with Crippen molar-refractivity contribution in [1.29, 1.82) is 0 Å². The molecule has 0 spiro atoms. The van der Waals surface area contributed by atoms with E-state index in [0.29, 0.717) is 5.56 Å². The summed E-state index contributed by atoms with van der Waals surface area (Å²) in [6.45, 7) is 4.36. The molecule has 0 atom stereocenters. The average molecular weight is 238 g/mol. The van der Waals surface area contributed by atoms with Gasteiger partial charge in [0, 0.05) is 5.41 Å². The van der Waals surface area contributed by atoms with E-state index >= 15 is 0 Å². The maximum atomic E-state index is 11.1. The molecule has 2 nitrogen and oxygen atoms in total. The first-order valence-electron chi connectivity index (χ1n) is 5.99. The average Bonchev–Trinajstić information content (AvgIpc) is 2.59. The molecule has 1 N–H and O–H groups in total. The SMILES string of the molecule is CC1(C)c2ccccc2-c2cc(C(=O)O)ccc21. The summed E-state index contributed by atoms with van der Waals surface area (Å²) in [5, 5.41) is 9.09. The highest BCUT2D eigenvalue weighted by atomic mass is 16.4. The highest BCUT2D eigenvalue weighted by Gasteiger charge is 2.35. The van der Waals surface area contributed by atoms with E-state index in [1.807, 2.05) is 18.2 Å². The van der Waals surface area contributed by atoms with Gasteiger partial charge in [-0.05, 0) is 34.4 Å². The van der Waals surface area contributed by atoms with Crippen LogP contribution in [0.2, 0.25) is 0 Å². The van der Waals surface area contributed by atoms with Gasteiger partial charge in [-0.3, -0.25) is 0 Å². The Labute approximate surface area is 106 Å². The van der Waals surface area contributed by atoms with Crippen molar-refractivity contribution in [3.05, 3.63) is 59.2 Å². The number of rotatable bonds is 1. The summed E-state index contributed by atoms with van der Waals surface area (Å²) < 4.78 is 0. The number of carboxylic acid groups (broad SMARTS) is 1. The zero-order valence-electron chi connectivity index (χ0n) is 10.4. The van der Waals surface area contributed by atoms with Crippen LogP contribution in [0.3, 0.4) is 0 Å². The molecule has 0 amide bonds. The normalized spacial score (nSPS) is 15.0. The Morgan fingerprint density at radius 2 is 1.67 bits per heavy atom. The minimum absolute atomic E-state index is 0.0526. The number of benzene rings is 2. The molecule has 1 aliphatic carbocycles. The number of aromatic carboxylic acids is 1. The van der Waals surface area contributed by atoms with Crippen LogP contribution in [-0.2, 0) is 5.41 Å². The van der Waals surface area contributed by atoms with Gasteiger partial charge in [-0.25, -0.2) is 4.79 Å². The van der Waals surface area contributed by atoms with Crippen molar-refractivity contribution in [2.45, 2.75) is 19.3 Å². The summed E-state index contributed by atoms with van der Waals surface area (Å²) in [6, 6.07) is 13.6. The Morgan fingerprint density at radius 1 is 1.00 bits per heavy atom. The summed E-state index contributed by atoms with van der Waals surface area (Å²) in [5.41, 5.74) is 4.97. The third kappa shape index (κ3) is 1.32. The molecule has 1 aliphatic rings. The van der Waals surface area contributed by atoms with Gasteiger partial charge in [-0.2, -0.15) is 0 Å². The fourth-order valence-corrected chi connectivity index (χ4v) is 2.85. The number of carboxylic acids is 1. The van der Waals surface area contributed by atoms with Crippen LogP contribution in [0.1, 0.15) is 35.3 Å². The molecule has 0 aromatic heterocycles. The summed E-state index contributed by atoms with van der Waals surface area (Å²) in [6.07, 6.45) is 0. The van der Waals surface area contributed by atoms with Crippen LogP contribution in [0.5, 0.6) is 0 Å². The predicted octanol–water partition coefficient (Wildman–Crippen LogP) is 3.69. The minimum Gasteiger partial charge on any atom is -0.478 e. The monoisotopic (exact) mass is 238 g/mol. The third-order valence-electron chi connectivity index (χ3n) is 3.83. The molecule has 0 aliphatic heterocycles. The molecule has 90 valence electrons. The van der Waals surface area contributed by atoms with Crippen LogP contribution in [-0.4, -0.2) is 11.1 Å². The van der Waals surface area contributed by atoms with Gasteiger partial charge in [-0.1, -0.05) is 44.2 Å². The van der Waals surface area contributed by atoms with E-state index in [4.69, 9.17) is 5.11 Å². The number of hydrogen-bond acceptors (Lipinski definition) is 1. The second kappa shape index (κ2) is 3.45. The summed E-state index contributed by atoms with van der Waals surface area (Å²) >= 11 is 0. The van der Waals surface area contributed by atoms with Crippen LogP contribution in [0.15, 0.2) is 42.5 Å². The summed E-state index contributed by atoms with van der Waals surface area (Å²) in [4.78, 5) is 11.1. The Hall–Kier alpha value is -2.09. The van der Waals surface area contributed by atoms with E-state index in [9.17, 15) is 4.79 Å². The second-order valence-electron chi connectivity index (χ2n) is 5.24. The fourth-order valence-electron chi connectivity index (χ4n) is 2.85. The lowest BCUT2D eigenvalue weighted by Gasteiger charge is -2.21. The Balaban J connectivity index is 2.33. The van der Waals surface area contributed by atoms with Crippen LogP contribution < -0.4 is 0 Å². The fraction of sp³-hybridized carbons (Fsp3) is 0.188. The molecule has 0 unspecified atom stereocenters. The lowest BCUT2D eigenvalue weighted by atomic mass is 9.82. The lowest BCUT2D eigenvalue weighted by molar-refractivity contribution is 0.0697. The van der Waals surface area contributed by atoms with Crippen LogP contribution in [0.25, 0.3) is 11.1 Å². The lowest BCUT2D eigenvalue weighted by Crippen LogP contribution is -2.14. The standard InChI is InChI=1S/C16H14O2/c1-16(2)13-6-4-3-5-11(13)12-9-10(15(17)18)7-8-14(12)16/h3-9H,1-2H3,(H,17,18). The summed E-state index contributed by atoms with van der Waals surface area (Å²) in [5.74, 6) is -0.875. The van der Waals surface area contributed by atoms with Crippen molar-refractivity contribution >= 4 is 5.97 Å². The molecule has 0 saturated carbocycles. The smallest absolute Gasteiger partial charge is 0.335 e. The minimum atomic E-state index is -0.875. The molecular formula is C16H14O2. The maximum Gasteiger partial charge on any atom is 0.335 e.